The lowest BCUT2D eigenvalue weighted by atomic mass is 9.94. The molecule has 0 radical (unpaired) electrons. The van der Waals surface area contributed by atoms with Crippen LogP contribution in [0.25, 0.3) is 11.3 Å². The summed E-state index contributed by atoms with van der Waals surface area (Å²) in [5.74, 6) is 1.64. The second-order valence-corrected chi connectivity index (χ2v) is 7.12. The molecule has 1 heterocycles. The molecule has 0 spiro atoms. The van der Waals surface area contributed by atoms with E-state index in [1.165, 1.54) is 17.2 Å². The molecule has 0 fully saturated rings. The highest BCUT2D eigenvalue weighted by molar-refractivity contribution is 6.31. The van der Waals surface area contributed by atoms with Gasteiger partial charge in [-0.2, -0.15) is 0 Å². The summed E-state index contributed by atoms with van der Waals surface area (Å²) < 4.78 is 10.6. The van der Waals surface area contributed by atoms with Gasteiger partial charge in [0.1, 0.15) is 5.75 Å². The van der Waals surface area contributed by atoms with Crippen LogP contribution in [-0.4, -0.2) is 17.4 Å². The molecule has 136 valence electrons. The summed E-state index contributed by atoms with van der Waals surface area (Å²) >= 11 is 6.55. The van der Waals surface area contributed by atoms with Gasteiger partial charge in [0.2, 0.25) is 0 Å². The van der Waals surface area contributed by atoms with Gasteiger partial charge >= 0.3 is 0 Å². The van der Waals surface area contributed by atoms with Crippen LogP contribution in [0.1, 0.15) is 42.0 Å². The number of aryl methyl sites for hydroxylation is 1. The van der Waals surface area contributed by atoms with E-state index in [9.17, 15) is 5.11 Å². The number of hydrogen-bond donors (Lipinski definition) is 1. The molecule has 3 rings (SSSR count). The molecule has 26 heavy (non-hydrogen) atoms. The molecule has 0 unspecified atom stereocenters. The highest BCUT2D eigenvalue weighted by Gasteiger charge is 2.14. The van der Waals surface area contributed by atoms with Gasteiger partial charge in [-0.3, -0.25) is 0 Å². The molecule has 2 aromatic carbocycles. The number of aromatic hydroxyl groups is 1. The minimum Gasteiger partial charge on any atom is -0.496 e. The maximum atomic E-state index is 9.37. The molecule has 4 nitrogen and oxygen atoms in total. The first-order chi connectivity index (χ1) is 12.4. The van der Waals surface area contributed by atoms with Crippen molar-refractivity contribution in [1.82, 2.24) is 5.16 Å². The second kappa shape index (κ2) is 7.42. The fraction of sp³-hybridized carbons (Fsp3) is 0.286. The van der Waals surface area contributed by atoms with E-state index in [-0.39, 0.29) is 5.88 Å². The fourth-order valence-electron chi connectivity index (χ4n) is 3.09. The highest BCUT2D eigenvalue weighted by atomic mass is 35.5. The van der Waals surface area contributed by atoms with Crippen molar-refractivity contribution in [2.45, 2.75) is 33.1 Å². The first-order valence-corrected chi connectivity index (χ1v) is 8.88. The predicted molar refractivity (Wildman–Crippen MR) is 103 cm³/mol. The smallest absolute Gasteiger partial charge is 0.252 e. The first-order valence-electron chi connectivity index (χ1n) is 8.51. The van der Waals surface area contributed by atoms with Crippen LogP contribution in [-0.2, 0) is 6.42 Å². The zero-order valence-corrected chi connectivity index (χ0v) is 16.1. The van der Waals surface area contributed by atoms with Crippen molar-refractivity contribution in [2.24, 2.45) is 0 Å². The van der Waals surface area contributed by atoms with Gasteiger partial charge in [0.15, 0.2) is 5.76 Å². The minimum atomic E-state index is -0.141. The van der Waals surface area contributed by atoms with Crippen molar-refractivity contribution in [3.63, 3.8) is 0 Å². The number of halogens is 1. The normalized spacial score (nSPS) is 11.2. The van der Waals surface area contributed by atoms with Crippen LogP contribution in [0, 0.1) is 6.92 Å². The highest BCUT2D eigenvalue weighted by Crippen LogP contribution is 2.33. The maximum absolute atomic E-state index is 9.37. The van der Waals surface area contributed by atoms with Crippen LogP contribution in [0.15, 0.2) is 40.9 Å². The van der Waals surface area contributed by atoms with Crippen molar-refractivity contribution in [1.29, 1.82) is 0 Å². The van der Waals surface area contributed by atoms with Crippen molar-refractivity contribution in [3.05, 3.63) is 63.7 Å². The summed E-state index contributed by atoms with van der Waals surface area (Å²) in [4.78, 5) is 0. The van der Waals surface area contributed by atoms with Crippen molar-refractivity contribution in [3.8, 4) is 23.0 Å². The molecule has 3 aromatic rings. The van der Waals surface area contributed by atoms with Gasteiger partial charge in [0.05, 0.1) is 7.11 Å². The number of methoxy groups -OCH3 is 1. The monoisotopic (exact) mass is 371 g/mol. The molecule has 0 atom stereocenters. The summed E-state index contributed by atoms with van der Waals surface area (Å²) in [6.07, 6.45) is 0.732. The molecular weight excluding hydrogens is 350 g/mol. The Morgan fingerprint density at radius 2 is 1.96 bits per heavy atom. The Kier molecular flexibility index (Phi) is 5.23. The van der Waals surface area contributed by atoms with Crippen LogP contribution < -0.4 is 4.74 Å². The number of nitrogens with zero attached hydrogens (tertiary/aromatic N) is 1. The molecule has 5 heteroatoms. The Bertz CT molecular complexity index is 908. The zero-order chi connectivity index (χ0) is 18.8. The van der Waals surface area contributed by atoms with Crippen molar-refractivity contribution < 1.29 is 14.4 Å². The maximum Gasteiger partial charge on any atom is 0.252 e. The van der Waals surface area contributed by atoms with E-state index in [4.69, 9.17) is 20.9 Å². The number of aromatic nitrogens is 1. The van der Waals surface area contributed by atoms with E-state index in [2.05, 4.69) is 31.1 Å². The molecule has 0 saturated carbocycles. The lowest BCUT2D eigenvalue weighted by Crippen LogP contribution is -1.99. The molecule has 0 bridgehead atoms. The van der Waals surface area contributed by atoms with E-state index < -0.39 is 0 Å². The topological polar surface area (TPSA) is 55.5 Å². The van der Waals surface area contributed by atoms with Crippen molar-refractivity contribution in [2.75, 3.05) is 7.11 Å². The summed E-state index contributed by atoms with van der Waals surface area (Å²) in [6.45, 7) is 6.33. The summed E-state index contributed by atoms with van der Waals surface area (Å²) in [5.41, 5.74) is 5.29. The Balaban J connectivity index is 1.94. The Morgan fingerprint density at radius 3 is 2.54 bits per heavy atom. The lowest BCUT2D eigenvalue weighted by molar-refractivity contribution is 0.365. The predicted octanol–water partition coefficient (Wildman–Crippen LogP) is 5.73. The van der Waals surface area contributed by atoms with E-state index in [0.717, 1.165) is 28.9 Å². The number of hydrogen-bond acceptors (Lipinski definition) is 4. The Hall–Kier alpha value is -2.46. The van der Waals surface area contributed by atoms with Gasteiger partial charge in [0, 0.05) is 16.7 Å². The van der Waals surface area contributed by atoms with Crippen LogP contribution in [0.4, 0.5) is 0 Å². The zero-order valence-electron chi connectivity index (χ0n) is 15.3. The third kappa shape index (κ3) is 3.70. The summed E-state index contributed by atoms with van der Waals surface area (Å²) in [7, 11) is 1.70. The third-order valence-corrected chi connectivity index (χ3v) is 4.84. The second-order valence-electron chi connectivity index (χ2n) is 6.71. The molecule has 0 saturated heterocycles. The number of benzene rings is 2. The SMILES string of the molecule is COc1ccc(Cc2c(C)cc(-c3cc(O)no3)cc2Cl)cc1C(C)C. The fourth-order valence-corrected chi connectivity index (χ4v) is 3.42. The van der Waals surface area contributed by atoms with Crippen LogP contribution in [0.3, 0.4) is 0 Å². The molecule has 1 aromatic heterocycles. The molecule has 0 amide bonds. The lowest BCUT2D eigenvalue weighted by Gasteiger charge is -2.15. The average molecular weight is 372 g/mol. The largest absolute Gasteiger partial charge is 0.496 e. The Labute approximate surface area is 158 Å². The van der Waals surface area contributed by atoms with Gasteiger partial charge in [-0.1, -0.05) is 37.6 Å². The summed E-state index contributed by atoms with van der Waals surface area (Å²) in [5, 5.41) is 13.5. The van der Waals surface area contributed by atoms with Crippen LogP contribution >= 0.6 is 11.6 Å². The van der Waals surface area contributed by atoms with Gasteiger partial charge < -0.3 is 14.4 Å². The first kappa shape index (κ1) is 18.3. The molecular formula is C21H22ClNO3. The Morgan fingerprint density at radius 1 is 1.19 bits per heavy atom. The van der Waals surface area contributed by atoms with Gasteiger partial charge in [0.25, 0.3) is 5.88 Å². The molecule has 0 aliphatic carbocycles. The summed E-state index contributed by atoms with van der Waals surface area (Å²) in [6, 6.07) is 11.6. The standard InChI is InChI=1S/C21H22ClNO3/c1-12(2)16-8-14(5-6-19(16)25-4)9-17-13(3)7-15(10-18(17)22)20-11-21(24)23-26-20/h5-8,10-12H,9H2,1-4H3,(H,23,24). The number of ether oxygens (including phenoxy) is 1. The quantitative estimate of drug-likeness (QED) is 0.622. The van der Waals surface area contributed by atoms with E-state index in [1.807, 2.05) is 25.1 Å². The average Bonchev–Trinajstić information content (AvgIpc) is 3.04. The molecule has 1 N–H and O–H groups in total. The third-order valence-electron chi connectivity index (χ3n) is 4.50. The van der Waals surface area contributed by atoms with Gasteiger partial charge in [-0.15, -0.1) is 0 Å². The van der Waals surface area contributed by atoms with Crippen LogP contribution in [0.2, 0.25) is 5.02 Å². The molecule has 0 aliphatic heterocycles. The van der Waals surface area contributed by atoms with Gasteiger partial charge in [-0.25, -0.2) is 0 Å². The minimum absolute atomic E-state index is 0.141. The van der Waals surface area contributed by atoms with Gasteiger partial charge in [-0.05, 0) is 64.9 Å². The van der Waals surface area contributed by atoms with E-state index in [0.29, 0.717) is 16.7 Å². The number of rotatable bonds is 5. The molecule has 0 aliphatic rings. The van der Waals surface area contributed by atoms with E-state index >= 15 is 0 Å². The van der Waals surface area contributed by atoms with Crippen LogP contribution in [0.5, 0.6) is 11.6 Å². The van der Waals surface area contributed by atoms with E-state index in [1.54, 1.807) is 7.11 Å². The van der Waals surface area contributed by atoms with Crippen molar-refractivity contribution >= 4 is 11.6 Å².